The predicted molar refractivity (Wildman–Crippen MR) is 208 cm³/mol. The molecular weight excluding hydrogens is 610 g/mol. The summed E-state index contributed by atoms with van der Waals surface area (Å²) in [5.41, 5.74) is 0. The number of unbranched alkanes of at least 4 members (excludes halogenated alkanes) is 22. The van der Waals surface area contributed by atoms with Gasteiger partial charge in [0.15, 0.2) is 0 Å². The van der Waals surface area contributed by atoms with Gasteiger partial charge in [0.2, 0.25) is 5.91 Å². The maximum Gasteiger partial charge on any atom is 0.322 e. The molecule has 0 aliphatic carbocycles. The molecule has 0 saturated heterocycles. The van der Waals surface area contributed by atoms with Crippen LogP contribution < -0.4 is 5.32 Å². The summed E-state index contributed by atoms with van der Waals surface area (Å²) in [6, 6.07) is 0. The molecule has 0 heterocycles. The highest BCUT2D eigenvalue weighted by atomic mass is 16.5. The number of hydrogen-bond acceptors (Lipinski definition) is 4. The Labute approximate surface area is 302 Å². The molecule has 0 rings (SSSR count). The van der Waals surface area contributed by atoms with Gasteiger partial charge in [-0.1, -0.05) is 173 Å². The van der Waals surface area contributed by atoms with E-state index in [0.29, 0.717) is 12.8 Å². The standard InChI is InChI=1S/C43H77NO5/c1-3-5-7-9-11-13-15-16-17-18-19-21-23-25-30-34-38-43(48)49-40(35-31-27-24-22-20-14-12-10-8-6-4-2)36-32-28-26-29-33-37-41(45)44-39-42(46)47/h12,14,22,24,31,35,40H,3-11,13,15-21,23,25-30,32-34,36-39H2,1-2H3,(H,44,45)(H,46,47)/b14-12-,24-22-,35-31-. The molecular formula is C43H77NO5. The molecule has 284 valence electrons. The summed E-state index contributed by atoms with van der Waals surface area (Å²) in [6.07, 6.45) is 47.1. The van der Waals surface area contributed by atoms with Gasteiger partial charge in [0, 0.05) is 12.8 Å². The quantitative estimate of drug-likeness (QED) is 0.0385. The average molecular weight is 688 g/mol. The fraction of sp³-hybridized carbons (Fsp3) is 0.791. The van der Waals surface area contributed by atoms with Crippen LogP contribution in [0.3, 0.4) is 0 Å². The van der Waals surface area contributed by atoms with Gasteiger partial charge in [0.1, 0.15) is 12.6 Å². The minimum Gasteiger partial charge on any atom is -0.480 e. The number of nitrogens with one attached hydrogen (secondary N) is 1. The van der Waals surface area contributed by atoms with Crippen molar-refractivity contribution in [3.8, 4) is 0 Å². The summed E-state index contributed by atoms with van der Waals surface area (Å²) in [4.78, 5) is 34.9. The second kappa shape index (κ2) is 38.4. The van der Waals surface area contributed by atoms with Crippen molar-refractivity contribution in [2.24, 2.45) is 0 Å². The fourth-order valence-corrected chi connectivity index (χ4v) is 5.97. The van der Waals surface area contributed by atoms with Crippen molar-refractivity contribution in [2.45, 2.75) is 213 Å². The van der Waals surface area contributed by atoms with Gasteiger partial charge in [-0.3, -0.25) is 14.4 Å². The number of hydrogen-bond donors (Lipinski definition) is 2. The number of carbonyl (C=O) groups excluding carboxylic acids is 2. The molecule has 0 spiro atoms. The van der Waals surface area contributed by atoms with E-state index in [2.05, 4.69) is 55.6 Å². The highest BCUT2D eigenvalue weighted by molar-refractivity contribution is 5.80. The molecule has 2 N–H and O–H groups in total. The minimum atomic E-state index is -1.02. The van der Waals surface area contributed by atoms with Gasteiger partial charge >= 0.3 is 11.9 Å². The van der Waals surface area contributed by atoms with E-state index in [9.17, 15) is 14.4 Å². The van der Waals surface area contributed by atoms with E-state index in [1.165, 1.54) is 109 Å². The summed E-state index contributed by atoms with van der Waals surface area (Å²) < 4.78 is 5.91. The number of rotatable bonds is 37. The maximum atomic E-state index is 12.7. The molecule has 6 nitrogen and oxygen atoms in total. The van der Waals surface area contributed by atoms with E-state index in [-0.39, 0.29) is 24.5 Å². The number of aliphatic carboxylic acids is 1. The largest absolute Gasteiger partial charge is 0.480 e. The SMILES string of the molecule is CCCCC/C=C\C/C=C\C/C=C\C(CCCCCCCC(=O)NCC(=O)O)OC(=O)CCCCCCCCCCCCCCCCCC. The second-order valence-electron chi connectivity index (χ2n) is 13.9. The summed E-state index contributed by atoms with van der Waals surface area (Å²) in [5.74, 6) is -1.32. The first-order valence-electron chi connectivity index (χ1n) is 20.6. The third-order valence-electron chi connectivity index (χ3n) is 9.05. The van der Waals surface area contributed by atoms with Crippen molar-refractivity contribution in [2.75, 3.05) is 6.54 Å². The highest BCUT2D eigenvalue weighted by Crippen LogP contribution is 2.16. The van der Waals surface area contributed by atoms with Crippen LogP contribution in [0, 0.1) is 0 Å². The Hall–Kier alpha value is -2.37. The molecule has 1 unspecified atom stereocenters. The van der Waals surface area contributed by atoms with Gasteiger partial charge < -0.3 is 15.2 Å². The summed E-state index contributed by atoms with van der Waals surface area (Å²) >= 11 is 0. The van der Waals surface area contributed by atoms with Crippen LogP contribution >= 0.6 is 0 Å². The molecule has 0 aliphatic rings. The van der Waals surface area contributed by atoms with Crippen molar-refractivity contribution < 1.29 is 24.2 Å². The van der Waals surface area contributed by atoms with E-state index < -0.39 is 5.97 Å². The van der Waals surface area contributed by atoms with Crippen LogP contribution in [0.5, 0.6) is 0 Å². The van der Waals surface area contributed by atoms with E-state index in [1.54, 1.807) is 0 Å². The monoisotopic (exact) mass is 688 g/mol. The molecule has 1 atom stereocenters. The fourth-order valence-electron chi connectivity index (χ4n) is 5.97. The van der Waals surface area contributed by atoms with E-state index >= 15 is 0 Å². The van der Waals surface area contributed by atoms with Gasteiger partial charge in [-0.15, -0.1) is 0 Å². The lowest BCUT2D eigenvalue weighted by Crippen LogP contribution is -2.28. The van der Waals surface area contributed by atoms with Crippen LogP contribution in [-0.2, 0) is 19.1 Å². The second-order valence-corrected chi connectivity index (χ2v) is 13.9. The maximum absolute atomic E-state index is 12.7. The lowest BCUT2D eigenvalue weighted by molar-refractivity contribution is -0.147. The number of carboxylic acid groups (broad SMARTS) is 1. The zero-order chi connectivity index (χ0) is 35.9. The third kappa shape index (κ3) is 38.3. The predicted octanol–water partition coefficient (Wildman–Crippen LogP) is 12.5. The van der Waals surface area contributed by atoms with Gasteiger partial charge in [-0.05, 0) is 57.4 Å². The number of ether oxygens (including phenoxy) is 1. The molecule has 0 aromatic rings. The Kier molecular flexibility index (Phi) is 36.6. The zero-order valence-corrected chi connectivity index (χ0v) is 32.0. The normalized spacial score (nSPS) is 12.4. The Morgan fingerprint density at radius 1 is 0.551 bits per heavy atom. The van der Waals surface area contributed by atoms with Crippen LogP contribution in [-0.4, -0.2) is 35.6 Å². The van der Waals surface area contributed by atoms with Crippen LogP contribution in [0.1, 0.15) is 206 Å². The van der Waals surface area contributed by atoms with E-state index in [1.807, 2.05) is 0 Å². The number of allylic oxidation sites excluding steroid dienone is 5. The smallest absolute Gasteiger partial charge is 0.322 e. The van der Waals surface area contributed by atoms with Crippen molar-refractivity contribution in [3.05, 3.63) is 36.5 Å². The molecule has 0 aromatic heterocycles. The average Bonchev–Trinajstić information content (AvgIpc) is 3.08. The van der Waals surface area contributed by atoms with Crippen molar-refractivity contribution in [1.82, 2.24) is 5.32 Å². The Balaban J connectivity index is 4.23. The van der Waals surface area contributed by atoms with Gasteiger partial charge in [-0.2, -0.15) is 0 Å². The summed E-state index contributed by atoms with van der Waals surface area (Å²) in [6.45, 7) is 4.19. The van der Waals surface area contributed by atoms with E-state index in [0.717, 1.165) is 70.6 Å². The van der Waals surface area contributed by atoms with Crippen LogP contribution in [0.25, 0.3) is 0 Å². The Morgan fingerprint density at radius 2 is 1.00 bits per heavy atom. The van der Waals surface area contributed by atoms with Gasteiger partial charge in [-0.25, -0.2) is 0 Å². The van der Waals surface area contributed by atoms with Crippen LogP contribution in [0.4, 0.5) is 0 Å². The molecule has 0 radical (unpaired) electrons. The molecule has 0 fully saturated rings. The Morgan fingerprint density at radius 3 is 1.55 bits per heavy atom. The molecule has 0 saturated carbocycles. The van der Waals surface area contributed by atoms with Crippen molar-refractivity contribution >= 4 is 17.8 Å². The zero-order valence-electron chi connectivity index (χ0n) is 32.0. The number of carboxylic acids is 1. The highest BCUT2D eigenvalue weighted by Gasteiger charge is 2.11. The number of carbonyl (C=O) groups is 3. The topological polar surface area (TPSA) is 92.7 Å². The van der Waals surface area contributed by atoms with Gasteiger partial charge in [0.05, 0.1) is 0 Å². The third-order valence-corrected chi connectivity index (χ3v) is 9.05. The molecule has 6 heteroatoms. The van der Waals surface area contributed by atoms with Gasteiger partial charge in [0.25, 0.3) is 0 Å². The summed E-state index contributed by atoms with van der Waals surface area (Å²) in [7, 11) is 0. The summed E-state index contributed by atoms with van der Waals surface area (Å²) in [5, 5.41) is 11.1. The molecule has 0 aromatic carbocycles. The van der Waals surface area contributed by atoms with Crippen LogP contribution in [0.15, 0.2) is 36.5 Å². The number of esters is 1. The lowest BCUT2D eigenvalue weighted by atomic mass is 10.0. The molecule has 0 aliphatic heterocycles. The Bertz CT molecular complexity index is 849. The van der Waals surface area contributed by atoms with Crippen molar-refractivity contribution in [3.63, 3.8) is 0 Å². The minimum absolute atomic E-state index is 0.0869. The molecule has 49 heavy (non-hydrogen) atoms. The lowest BCUT2D eigenvalue weighted by Gasteiger charge is -2.14. The van der Waals surface area contributed by atoms with Crippen LogP contribution in [0.2, 0.25) is 0 Å². The van der Waals surface area contributed by atoms with E-state index in [4.69, 9.17) is 9.84 Å². The molecule has 1 amide bonds. The number of amides is 1. The first kappa shape index (κ1) is 46.6. The molecule has 0 bridgehead atoms. The first-order chi connectivity index (χ1) is 24.0. The first-order valence-corrected chi connectivity index (χ1v) is 20.6. The van der Waals surface area contributed by atoms with Crippen molar-refractivity contribution in [1.29, 1.82) is 0 Å².